The molecule has 0 radical (unpaired) electrons. The van der Waals surface area contributed by atoms with E-state index in [4.69, 9.17) is 0 Å². The average molecular weight is 283 g/mol. The van der Waals surface area contributed by atoms with Crippen molar-refractivity contribution >= 4 is 33.6 Å². The lowest BCUT2D eigenvalue weighted by atomic mass is 10.3. The van der Waals surface area contributed by atoms with E-state index < -0.39 is 0 Å². The number of nitrogens with one attached hydrogen (secondary N) is 1. The molecular weight excluding hydrogens is 270 g/mol. The van der Waals surface area contributed by atoms with Crippen molar-refractivity contribution in [3.8, 4) is 0 Å². The van der Waals surface area contributed by atoms with Crippen LogP contribution in [0.4, 0.5) is 5.82 Å². The highest BCUT2D eigenvalue weighted by Gasteiger charge is 2.06. The maximum absolute atomic E-state index is 4.28. The minimum absolute atomic E-state index is 0.728. The van der Waals surface area contributed by atoms with Crippen molar-refractivity contribution in [2.45, 2.75) is 13.3 Å². The summed E-state index contributed by atoms with van der Waals surface area (Å²) < 4.78 is 0. The summed E-state index contributed by atoms with van der Waals surface area (Å²) in [4.78, 5) is 14.8. The van der Waals surface area contributed by atoms with Gasteiger partial charge in [0, 0.05) is 22.8 Å². The zero-order valence-corrected chi connectivity index (χ0v) is 11.8. The van der Waals surface area contributed by atoms with E-state index in [2.05, 4.69) is 38.5 Å². The number of hydrogen-bond acceptors (Lipinski definition) is 6. The Morgan fingerprint density at radius 3 is 3.15 bits per heavy atom. The Bertz CT molecular complexity index is 736. The standard InChI is InChI=1S/C14H13N5S/c1-2-11-6-12-13(16-9-17-14(12)20-11)19-18-8-10-4-3-5-15-7-10/h3-9H,2H2,1H3,(H,16,17,19)/b18-8-. The summed E-state index contributed by atoms with van der Waals surface area (Å²) in [5, 5.41) is 5.21. The fourth-order valence-corrected chi connectivity index (χ4v) is 2.72. The lowest BCUT2D eigenvalue weighted by molar-refractivity contribution is 1.18. The molecule has 0 aliphatic carbocycles. The Labute approximate surface area is 120 Å². The summed E-state index contributed by atoms with van der Waals surface area (Å²) in [7, 11) is 0. The van der Waals surface area contributed by atoms with Crippen LogP contribution in [-0.2, 0) is 6.42 Å². The molecule has 0 spiro atoms. The number of fused-ring (bicyclic) bond motifs is 1. The quantitative estimate of drug-likeness (QED) is 0.590. The van der Waals surface area contributed by atoms with Crippen molar-refractivity contribution in [3.05, 3.63) is 47.4 Å². The Balaban J connectivity index is 1.84. The minimum Gasteiger partial charge on any atom is -0.264 e. The Morgan fingerprint density at radius 1 is 1.40 bits per heavy atom. The molecule has 0 amide bonds. The number of aromatic nitrogens is 3. The maximum atomic E-state index is 4.28. The first-order valence-electron chi connectivity index (χ1n) is 6.29. The molecule has 3 aromatic heterocycles. The van der Waals surface area contributed by atoms with E-state index in [0.717, 1.165) is 28.0 Å². The molecule has 20 heavy (non-hydrogen) atoms. The monoisotopic (exact) mass is 283 g/mol. The first-order chi connectivity index (χ1) is 9.86. The molecule has 0 aliphatic heterocycles. The zero-order chi connectivity index (χ0) is 13.8. The van der Waals surface area contributed by atoms with Crippen LogP contribution in [0.15, 0.2) is 42.0 Å². The largest absolute Gasteiger partial charge is 0.264 e. The number of hydrazone groups is 1. The van der Waals surface area contributed by atoms with Gasteiger partial charge in [-0.2, -0.15) is 5.10 Å². The molecule has 6 heteroatoms. The first-order valence-corrected chi connectivity index (χ1v) is 7.11. The van der Waals surface area contributed by atoms with E-state index in [9.17, 15) is 0 Å². The molecule has 0 aliphatic rings. The summed E-state index contributed by atoms with van der Waals surface area (Å²) in [5.74, 6) is 0.728. The molecule has 1 N–H and O–H groups in total. The molecule has 0 saturated carbocycles. The van der Waals surface area contributed by atoms with Gasteiger partial charge in [-0.1, -0.05) is 13.0 Å². The third-order valence-electron chi connectivity index (χ3n) is 2.80. The zero-order valence-electron chi connectivity index (χ0n) is 10.9. The lowest BCUT2D eigenvalue weighted by Gasteiger charge is -1.99. The molecule has 3 rings (SSSR count). The molecule has 0 aromatic carbocycles. The van der Waals surface area contributed by atoms with Gasteiger partial charge in [-0.15, -0.1) is 11.3 Å². The van der Waals surface area contributed by atoms with Crippen LogP contribution < -0.4 is 5.43 Å². The van der Waals surface area contributed by atoms with Crippen LogP contribution in [-0.4, -0.2) is 21.2 Å². The van der Waals surface area contributed by atoms with Crippen LogP contribution in [0, 0.1) is 0 Å². The van der Waals surface area contributed by atoms with Crippen LogP contribution in [0.1, 0.15) is 17.4 Å². The second-order valence-corrected chi connectivity index (χ2v) is 5.28. The summed E-state index contributed by atoms with van der Waals surface area (Å²) in [6.07, 6.45) is 7.75. The van der Waals surface area contributed by atoms with E-state index in [1.165, 1.54) is 4.88 Å². The van der Waals surface area contributed by atoms with Gasteiger partial charge in [0.1, 0.15) is 11.2 Å². The van der Waals surface area contributed by atoms with Gasteiger partial charge in [0.05, 0.1) is 11.6 Å². The number of thiophene rings is 1. The third kappa shape index (κ3) is 2.65. The highest BCUT2D eigenvalue weighted by molar-refractivity contribution is 7.18. The topological polar surface area (TPSA) is 63.1 Å². The van der Waals surface area contributed by atoms with Gasteiger partial charge in [-0.25, -0.2) is 9.97 Å². The first kappa shape index (κ1) is 12.7. The van der Waals surface area contributed by atoms with Crippen LogP contribution in [0.5, 0.6) is 0 Å². The van der Waals surface area contributed by atoms with Gasteiger partial charge >= 0.3 is 0 Å². The Hall–Kier alpha value is -2.34. The molecular formula is C14H13N5S. The van der Waals surface area contributed by atoms with Crippen LogP contribution in [0.3, 0.4) is 0 Å². The molecule has 5 nitrogen and oxygen atoms in total. The second kappa shape index (κ2) is 5.75. The highest BCUT2D eigenvalue weighted by atomic mass is 32.1. The molecule has 3 heterocycles. The van der Waals surface area contributed by atoms with E-state index >= 15 is 0 Å². The lowest BCUT2D eigenvalue weighted by Crippen LogP contribution is -1.94. The van der Waals surface area contributed by atoms with Gasteiger partial charge in [-0.3, -0.25) is 10.4 Å². The molecule has 0 saturated heterocycles. The second-order valence-electron chi connectivity index (χ2n) is 4.16. The van der Waals surface area contributed by atoms with E-state index in [-0.39, 0.29) is 0 Å². The van der Waals surface area contributed by atoms with Crippen molar-refractivity contribution in [2.75, 3.05) is 5.43 Å². The number of anilines is 1. The number of rotatable bonds is 4. The molecule has 100 valence electrons. The van der Waals surface area contributed by atoms with Gasteiger partial charge < -0.3 is 0 Å². The van der Waals surface area contributed by atoms with Gasteiger partial charge in [0.2, 0.25) is 0 Å². The van der Waals surface area contributed by atoms with Crippen molar-refractivity contribution in [2.24, 2.45) is 5.10 Å². The van der Waals surface area contributed by atoms with Crippen LogP contribution >= 0.6 is 11.3 Å². The van der Waals surface area contributed by atoms with Crippen molar-refractivity contribution in [1.82, 2.24) is 15.0 Å². The molecule has 0 atom stereocenters. The summed E-state index contributed by atoms with van der Waals surface area (Å²) >= 11 is 1.69. The summed E-state index contributed by atoms with van der Waals surface area (Å²) in [6.45, 7) is 2.13. The van der Waals surface area contributed by atoms with Crippen molar-refractivity contribution < 1.29 is 0 Å². The van der Waals surface area contributed by atoms with Gasteiger partial charge in [0.25, 0.3) is 0 Å². The molecule has 3 aromatic rings. The third-order valence-corrected chi connectivity index (χ3v) is 3.98. The van der Waals surface area contributed by atoms with Crippen LogP contribution in [0.25, 0.3) is 10.2 Å². The Kier molecular flexibility index (Phi) is 3.64. The number of hydrogen-bond donors (Lipinski definition) is 1. The molecule has 0 unspecified atom stereocenters. The summed E-state index contributed by atoms with van der Waals surface area (Å²) in [6, 6.07) is 5.92. The Morgan fingerprint density at radius 2 is 2.35 bits per heavy atom. The highest BCUT2D eigenvalue weighted by Crippen LogP contribution is 2.28. The minimum atomic E-state index is 0.728. The van der Waals surface area contributed by atoms with E-state index in [0.29, 0.717) is 0 Å². The van der Waals surface area contributed by atoms with E-state index in [1.54, 1.807) is 36.3 Å². The van der Waals surface area contributed by atoms with E-state index in [1.807, 2.05) is 12.1 Å². The molecule has 0 bridgehead atoms. The fraction of sp³-hybridized carbons (Fsp3) is 0.143. The maximum Gasteiger partial charge on any atom is 0.158 e. The predicted molar refractivity (Wildman–Crippen MR) is 82.2 cm³/mol. The number of pyridine rings is 1. The number of nitrogens with zero attached hydrogens (tertiary/aromatic N) is 4. The van der Waals surface area contributed by atoms with Gasteiger partial charge in [0.15, 0.2) is 5.82 Å². The van der Waals surface area contributed by atoms with Gasteiger partial charge in [-0.05, 0) is 18.6 Å². The average Bonchev–Trinajstić information content (AvgIpc) is 2.92. The SMILES string of the molecule is CCc1cc2c(N/N=C\c3cccnc3)ncnc2s1. The smallest absolute Gasteiger partial charge is 0.158 e. The normalized spacial score (nSPS) is 11.2. The van der Waals surface area contributed by atoms with Crippen LogP contribution in [0.2, 0.25) is 0 Å². The van der Waals surface area contributed by atoms with Crippen molar-refractivity contribution in [1.29, 1.82) is 0 Å². The number of aryl methyl sites for hydroxylation is 1. The fourth-order valence-electron chi connectivity index (χ4n) is 1.79. The predicted octanol–water partition coefficient (Wildman–Crippen LogP) is 3.09. The molecule has 0 fully saturated rings. The summed E-state index contributed by atoms with van der Waals surface area (Å²) in [5.41, 5.74) is 3.91. The van der Waals surface area contributed by atoms with Crippen molar-refractivity contribution in [3.63, 3.8) is 0 Å².